The molecule has 0 atom stereocenters. The number of carbonyl (C=O) groups is 1. The number of rotatable bonds is 3. The van der Waals surface area contributed by atoms with Crippen LogP contribution in [-0.2, 0) is 6.42 Å². The molecule has 1 aromatic heterocycles. The molecule has 5 heteroatoms. The first-order chi connectivity index (χ1) is 13.7. The van der Waals surface area contributed by atoms with Crippen molar-refractivity contribution in [3.8, 4) is 11.8 Å². The number of carbonyl (C=O) groups excluding carboxylic acids is 1. The maximum Gasteiger partial charge on any atom is 0.196 e. The van der Waals surface area contributed by atoms with Gasteiger partial charge in [0.25, 0.3) is 0 Å². The zero-order valence-corrected chi connectivity index (χ0v) is 18.0. The van der Waals surface area contributed by atoms with Gasteiger partial charge in [0.05, 0.1) is 21.0 Å². The van der Waals surface area contributed by atoms with Gasteiger partial charge >= 0.3 is 0 Å². The Kier molecular flexibility index (Phi) is 6.12. The van der Waals surface area contributed by atoms with E-state index < -0.39 is 0 Å². The number of benzene rings is 2. The van der Waals surface area contributed by atoms with Crippen LogP contribution in [0.25, 0.3) is 0 Å². The van der Waals surface area contributed by atoms with Gasteiger partial charge in [-0.2, -0.15) is 0 Å². The number of hydrogen-bond donors (Lipinski definition) is 1. The normalized spacial score (nSPS) is 11.1. The molecule has 148 valence electrons. The molecule has 0 radical (unpaired) electrons. The zero-order valence-electron chi connectivity index (χ0n) is 16.5. The average Bonchev–Trinajstić information content (AvgIpc) is 2.94. The lowest BCUT2D eigenvalue weighted by atomic mass is 9.85. The number of ketones is 1. The number of thiophene rings is 1. The SMILES string of the molecule is CC(C)(C)Cc1c(C#Cc2ccccc2F)sc(N)c1C(=O)c1ccc(Cl)cc1. The van der Waals surface area contributed by atoms with Gasteiger partial charge in [0.15, 0.2) is 5.78 Å². The van der Waals surface area contributed by atoms with E-state index in [0.29, 0.717) is 38.0 Å². The molecule has 0 aliphatic carbocycles. The fraction of sp³-hybridized carbons (Fsp3) is 0.208. The molecule has 2 nitrogen and oxygen atoms in total. The Labute approximate surface area is 179 Å². The predicted molar refractivity (Wildman–Crippen MR) is 119 cm³/mol. The molecular weight excluding hydrogens is 405 g/mol. The molecule has 2 aromatic carbocycles. The lowest BCUT2D eigenvalue weighted by Gasteiger charge is -2.19. The monoisotopic (exact) mass is 425 g/mol. The van der Waals surface area contributed by atoms with Crippen molar-refractivity contribution in [2.24, 2.45) is 5.41 Å². The van der Waals surface area contributed by atoms with Crippen LogP contribution in [0, 0.1) is 23.1 Å². The summed E-state index contributed by atoms with van der Waals surface area (Å²) in [7, 11) is 0. The summed E-state index contributed by atoms with van der Waals surface area (Å²) in [5.41, 5.74) is 8.29. The van der Waals surface area contributed by atoms with Crippen LogP contribution >= 0.6 is 22.9 Å². The smallest absolute Gasteiger partial charge is 0.196 e. The third-order valence-corrected chi connectivity index (χ3v) is 5.49. The highest BCUT2D eigenvalue weighted by Crippen LogP contribution is 2.36. The van der Waals surface area contributed by atoms with Crippen molar-refractivity contribution in [3.05, 3.63) is 86.5 Å². The van der Waals surface area contributed by atoms with Crippen LogP contribution in [0.5, 0.6) is 0 Å². The number of anilines is 1. The molecule has 29 heavy (non-hydrogen) atoms. The minimum Gasteiger partial charge on any atom is -0.390 e. The summed E-state index contributed by atoms with van der Waals surface area (Å²) in [6.45, 7) is 6.27. The molecule has 0 aliphatic rings. The van der Waals surface area contributed by atoms with Gasteiger partial charge in [-0.3, -0.25) is 4.79 Å². The highest BCUT2D eigenvalue weighted by Gasteiger charge is 2.26. The maximum atomic E-state index is 13.9. The van der Waals surface area contributed by atoms with Crippen molar-refractivity contribution in [2.45, 2.75) is 27.2 Å². The Morgan fingerprint density at radius 3 is 2.38 bits per heavy atom. The van der Waals surface area contributed by atoms with E-state index >= 15 is 0 Å². The largest absolute Gasteiger partial charge is 0.390 e. The molecule has 3 rings (SSSR count). The Morgan fingerprint density at radius 1 is 1.10 bits per heavy atom. The first-order valence-electron chi connectivity index (χ1n) is 9.13. The van der Waals surface area contributed by atoms with Crippen LogP contribution in [-0.4, -0.2) is 5.78 Å². The second-order valence-electron chi connectivity index (χ2n) is 7.95. The number of hydrogen-bond acceptors (Lipinski definition) is 3. The first-order valence-corrected chi connectivity index (χ1v) is 10.3. The molecule has 1 heterocycles. The minimum atomic E-state index is -0.376. The summed E-state index contributed by atoms with van der Waals surface area (Å²) in [5, 5.41) is 0.980. The molecule has 0 bridgehead atoms. The number of nitrogens with two attached hydrogens (primary N) is 1. The molecule has 0 saturated heterocycles. The predicted octanol–water partition coefficient (Wildman–Crippen LogP) is 6.34. The molecule has 0 fully saturated rings. The molecule has 0 saturated carbocycles. The summed E-state index contributed by atoms with van der Waals surface area (Å²) in [6, 6.07) is 13.1. The molecule has 2 N–H and O–H groups in total. The Hall–Kier alpha value is -2.61. The van der Waals surface area contributed by atoms with E-state index in [9.17, 15) is 9.18 Å². The van der Waals surface area contributed by atoms with Crippen LogP contribution in [0.4, 0.5) is 9.39 Å². The highest BCUT2D eigenvalue weighted by atomic mass is 35.5. The fourth-order valence-corrected chi connectivity index (χ4v) is 4.03. The van der Waals surface area contributed by atoms with Gasteiger partial charge in [-0.15, -0.1) is 11.3 Å². The van der Waals surface area contributed by atoms with Crippen LogP contribution in [0.1, 0.15) is 52.7 Å². The van der Waals surface area contributed by atoms with Gasteiger partial charge in [-0.25, -0.2) is 4.39 Å². The Balaban J connectivity index is 2.11. The van der Waals surface area contributed by atoms with Gasteiger partial charge in [-0.05, 0) is 53.8 Å². The van der Waals surface area contributed by atoms with Crippen molar-refractivity contribution in [2.75, 3.05) is 5.73 Å². The second-order valence-corrected chi connectivity index (χ2v) is 9.44. The van der Waals surface area contributed by atoms with Crippen LogP contribution in [0.2, 0.25) is 5.02 Å². The van der Waals surface area contributed by atoms with Crippen molar-refractivity contribution < 1.29 is 9.18 Å². The second kappa shape index (κ2) is 8.41. The third-order valence-electron chi connectivity index (χ3n) is 4.26. The van der Waals surface area contributed by atoms with Crippen LogP contribution < -0.4 is 5.73 Å². The van der Waals surface area contributed by atoms with Gasteiger partial charge < -0.3 is 5.73 Å². The fourth-order valence-electron chi connectivity index (χ4n) is 2.97. The van der Waals surface area contributed by atoms with E-state index in [1.54, 1.807) is 42.5 Å². The van der Waals surface area contributed by atoms with Gasteiger partial charge in [-0.1, -0.05) is 56.3 Å². The summed E-state index contributed by atoms with van der Waals surface area (Å²) >= 11 is 7.21. The van der Waals surface area contributed by atoms with Gasteiger partial charge in [0, 0.05) is 10.6 Å². The zero-order chi connectivity index (χ0) is 21.2. The van der Waals surface area contributed by atoms with Crippen molar-refractivity contribution in [3.63, 3.8) is 0 Å². The molecule has 0 amide bonds. The highest BCUT2D eigenvalue weighted by molar-refractivity contribution is 7.17. The van der Waals surface area contributed by atoms with E-state index in [0.717, 1.165) is 5.56 Å². The molecular formula is C24H21ClFNOS. The summed E-state index contributed by atoms with van der Waals surface area (Å²) < 4.78 is 13.9. The van der Waals surface area contributed by atoms with E-state index in [4.69, 9.17) is 17.3 Å². The quantitative estimate of drug-likeness (QED) is 0.393. The van der Waals surface area contributed by atoms with Crippen LogP contribution in [0.15, 0.2) is 48.5 Å². The van der Waals surface area contributed by atoms with E-state index in [1.807, 2.05) is 0 Å². The number of halogens is 2. The molecule has 0 spiro atoms. The van der Waals surface area contributed by atoms with Crippen LogP contribution in [0.3, 0.4) is 0 Å². The standard InChI is InChI=1S/C24H21ClFNOS/c1-24(2,3)14-18-20(13-10-15-6-4-5-7-19(15)26)29-23(27)21(18)22(28)16-8-11-17(25)12-9-16/h4-9,11-12H,14,27H2,1-3H3. The summed E-state index contributed by atoms with van der Waals surface area (Å²) in [4.78, 5) is 13.9. The first kappa shape index (κ1) is 21.1. The van der Waals surface area contributed by atoms with E-state index in [2.05, 4.69) is 32.6 Å². The summed E-state index contributed by atoms with van der Waals surface area (Å²) in [5.74, 6) is 5.39. The molecule has 0 unspecified atom stereocenters. The van der Waals surface area contributed by atoms with Crippen molar-refractivity contribution in [1.29, 1.82) is 0 Å². The van der Waals surface area contributed by atoms with Crippen molar-refractivity contribution in [1.82, 2.24) is 0 Å². The molecule has 0 aliphatic heterocycles. The molecule has 3 aromatic rings. The van der Waals surface area contributed by atoms with Gasteiger partial charge in [0.2, 0.25) is 0 Å². The lowest BCUT2D eigenvalue weighted by Crippen LogP contribution is -2.14. The number of nitrogen functional groups attached to an aromatic ring is 1. The van der Waals surface area contributed by atoms with E-state index in [-0.39, 0.29) is 17.0 Å². The lowest BCUT2D eigenvalue weighted by molar-refractivity contribution is 0.103. The van der Waals surface area contributed by atoms with Crippen molar-refractivity contribution >= 4 is 33.7 Å². The maximum absolute atomic E-state index is 13.9. The Morgan fingerprint density at radius 2 is 1.76 bits per heavy atom. The third kappa shape index (κ3) is 5.06. The topological polar surface area (TPSA) is 43.1 Å². The minimum absolute atomic E-state index is 0.0863. The van der Waals surface area contributed by atoms with E-state index in [1.165, 1.54) is 17.4 Å². The average molecular weight is 426 g/mol. The summed E-state index contributed by atoms with van der Waals surface area (Å²) in [6.07, 6.45) is 0.622. The van der Waals surface area contributed by atoms with Gasteiger partial charge in [0.1, 0.15) is 5.82 Å². The Bertz CT molecular complexity index is 1110.